The van der Waals surface area contributed by atoms with Gasteiger partial charge in [0.2, 0.25) is 5.91 Å². The van der Waals surface area contributed by atoms with Crippen LogP contribution in [0.25, 0.3) is 0 Å². The highest BCUT2D eigenvalue weighted by Crippen LogP contribution is 2.37. The van der Waals surface area contributed by atoms with Crippen LogP contribution in [-0.2, 0) is 22.4 Å². The lowest BCUT2D eigenvalue weighted by molar-refractivity contribution is -0.117. The van der Waals surface area contributed by atoms with E-state index in [9.17, 15) is 9.59 Å². The minimum Gasteiger partial charge on any atom is -0.465 e. The summed E-state index contributed by atoms with van der Waals surface area (Å²) >= 11 is 13.7. The van der Waals surface area contributed by atoms with Crippen LogP contribution in [0.15, 0.2) is 18.2 Å². The molecule has 6 nitrogen and oxygen atoms in total. The highest BCUT2D eigenvalue weighted by molar-refractivity contribution is 7.17. The first kappa shape index (κ1) is 24.3. The third-order valence-corrected chi connectivity index (χ3v) is 8.27. The van der Waals surface area contributed by atoms with Crippen molar-refractivity contribution in [3.8, 4) is 0 Å². The summed E-state index contributed by atoms with van der Waals surface area (Å²) < 4.78 is 5.06. The summed E-state index contributed by atoms with van der Waals surface area (Å²) in [6.07, 6.45) is 6.38. The molecule has 2 heterocycles. The maximum atomic E-state index is 12.9. The van der Waals surface area contributed by atoms with E-state index in [1.54, 1.807) is 0 Å². The Kier molecular flexibility index (Phi) is 8.17. The van der Waals surface area contributed by atoms with Gasteiger partial charge in [-0.25, -0.2) is 4.79 Å². The number of esters is 1. The Hall–Kier alpha value is -1.80. The number of thiophene rings is 1. The van der Waals surface area contributed by atoms with E-state index in [1.807, 2.05) is 18.2 Å². The van der Waals surface area contributed by atoms with Gasteiger partial charge < -0.3 is 15.0 Å². The van der Waals surface area contributed by atoms with Gasteiger partial charge in [0.25, 0.3) is 0 Å². The molecule has 1 aromatic heterocycles. The SMILES string of the molecule is COC(=O)c1c(NC(=O)CN2CCN(c3ccc(Cl)c(Cl)c3)CC2)sc2c1CCCCCC2. The molecular weight excluding hydrogens is 481 g/mol. The summed E-state index contributed by atoms with van der Waals surface area (Å²) in [5.74, 6) is -0.462. The monoisotopic (exact) mass is 509 g/mol. The fourth-order valence-electron chi connectivity index (χ4n) is 4.54. The quantitative estimate of drug-likeness (QED) is 0.556. The second kappa shape index (κ2) is 11.1. The Morgan fingerprint density at radius 2 is 1.76 bits per heavy atom. The Morgan fingerprint density at radius 3 is 2.45 bits per heavy atom. The lowest BCUT2D eigenvalue weighted by atomic mass is 9.96. The molecule has 0 radical (unpaired) electrons. The molecule has 0 atom stereocenters. The van der Waals surface area contributed by atoms with Crippen molar-refractivity contribution in [2.24, 2.45) is 0 Å². The predicted molar refractivity (Wildman–Crippen MR) is 135 cm³/mol. The van der Waals surface area contributed by atoms with Gasteiger partial charge in [0.05, 0.1) is 29.3 Å². The van der Waals surface area contributed by atoms with Crippen LogP contribution in [0, 0.1) is 0 Å². The number of piperazine rings is 1. The number of nitrogens with zero attached hydrogens (tertiary/aromatic N) is 2. The number of halogens is 2. The molecule has 1 fully saturated rings. The third-order valence-electron chi connectivity index (χ3n) is 6.32. The van der Waals surface area contributed by atoms with Gasteiger partial charge in [-0.2, -0.15) is 0 Å². The molecule has 4 rings (SSSR count). The topological polar surface area (TPSA) is 61.9 Å². The predicted octanol–water partition coefficient (Wildman–Crippen LogP) is 5.26. The van der Waals surface area contributed by atoms with Crippen LogP contribution in [0.4, 0.5) is 10.7 Å². The first-order valence-corrected chi connectivity index (χ1v) is 13.0. The molecule has 1 aromatic carbocycles. The van der Waals surface area contributed by atoms with Gasteiger partial charge in [-0.1, -0.05) is 36.0 Å². The molecule has 2 aromatic rings. The van der Waals surface area contributed by atoms with Gasteiger partial charge >= 0.3 is 5.97 Å². The van der Waals surface area contributed by atoms with Crippen LogP contribution in [0.2, 0.25) is 10.0 Å². The van der Waals surface area contributed by atoms with Crippen molar-refractivity contribution in [1.29, 1.82) is 0 Å². The normalized spacial score (nSPS) is 17.1. The first-order valence-electron chi connectivity index (χ1n) is 11.4. The van der Waals surface area contributed by atoms with Gasteiger partial charge in [-0.15, -0.1) is 11.3 Å². The smallest absolute Gasteiger partial charge is 0.341 e. The summed E-state index contributed by atoms with van der Waals surface area (Å²) in [6.45, 7) is 3.41. The van der Waals surface area contributed by atoms with Crippen molar-refractivity contribution in [3.63, 3.8) is 0 Å². The zero-order valence-corrected chi connectivity index (χ0v) is 21.1. The Bertz CT molecular complexity index is 1020. The highest BCUT2D eigenvalue weighted by atomic mass is 35.5. The van der Waals surface area contributed by atoms with Crippen molar-refractivity contribution in [3.05, 3.63) is 44.2 Å². The molecule has 178 valence electrons. The molecule has 0 bridgehead atoms. The van der Waals surface area contributed by atoms with Gasteiger partial charge in [-0.3, -0.25) is 9.69 Å². The van der Waals surface area contributed by atoms with E-state index < -0.39 is 0 Å². The van der Waals surface area contributed by atoms with Gasteiger partial charge in [0.1, 0.15) is 5.00 Å². The number of rotatable bonds is 5. The molecule has 0 saturated carbocycles. The number of ether oxygens (including phenoxy) is 1. The van der Waals surface area contributed by atoms with Crippen molar-refractivity contribution < 1.29 is 14.3 Å². The number of nitrogens with one attached hydrogen (secondary N) is 1. The first-order chi connectivity index (χ1) is 16.0. The minimum atomic E-state index is -0.362. The summed E-state index contributed by atoms with van der Waals surface area (Å²) in [5, 5.41) is 4.74. The number of methoxy groups -OCH3 is 1. The number of hydrogen-bond acceptors (Lipinski definition) is 6. The maximum Gasteiger partial charge on any atom is 0.341 e. The molecule has 2 aliphatic rings. The van der Waals surface area contributed by atoms with Crippen LogP contribution in [0.3, 0.4) is 0 Å². The summed E-state index contributed by atoms with van der Waals surface area (Å²) in [5.41, 5.74) is 2.65. The van der Waals surface area contributed by atoms with E-state index in [0.29, 0.717) is 27.2 Å². The summed E-state index contributed by atoms with van der Waals surface area (Å²) in [7, 11) is 1.40. The number of benzene rings is 1. The van der Waals surface area contributed by atoms with E-state index in [2.05, 4.69) is 15.1 Å². The van der Waals surface area contributed by atoms with E-state index >= 15 is 0 Å². The Balaban J connectivity index is 1.38. The number of carbonyl (C=O) groups excluding carboxylic acids is 2. The standard InChI is InChI=1S/C24H29Cl2N3O3S/c1-32-24(31)22-17-6-4-2-3-5-7-20(17)33-23(22)27-21(30)15-28-10-12-29(13-11-28)16-8-9-18(25)19(26)14-16/h8-9,14H,2-7,10-13,15H2,1H3,(H,27,30). The van der Waals surface area contributed by atoms with Crippen molar-refractivity contribution in [2.45, 2.75) is 38.5 Å². The number of aryl methyl sites for hydroxylation is 1. The molecule has 1 saturated heterocycles. The van der Waals surface area contributed by atoms with Crippen LogP contribution in [0.5, 0.6) is 0 Å². The van der Waals surface area contributed by atoms with Crippen LogP contribution in [0.1, 0.15) is 46.5 Å². The largest absolute Gasteiger partial charge is 0.465 e. The average Bonchev–Trinajstić information content (AvgIpc) is 3.11. The van der Waals surface area contributed by atoms with Gasteiger partial charge in [-0.05, 0) is 49.4 Å². The minimum absolute atomic E-state index is 0.0997. The summed E-state index contributed by atoms with van der Waals surface area (Å²) in [6, 6.07) is 5.65. The van der Waals surface area contributed by atoms with Gasteiger partial charge in [0.15, 0.2) is 0 Å². The van der Waals surface area contributed by atoms with E-state index in [-0.39, 0.29) is 11.9 Å². The lowest BCUT2D eigenvalue weighted by Crippen LogP contribution is -2.48. The maximum absolute atomic E-state index is 12.9. The van der Waals surface area contributed by atoms with Crippen LogP contribution < -0.4 is 10.2 Å². The third kappa shape index (κ3) is 5.83. The highest BCUT2D eigenvalue weighted by Gasteiger charge is 2.27. The zero-order chi connectivity index (χ0) is 23.4. The van der Waals surface area contributed by atoms with E-state index in [0.717, 1.165) is 63.1 Å². The van der Waals surface area contributed by atoms with E-state index in [1.165, 1.54) is 36.2 Å². The summed E-state index contributed by atoms with van der Waals surface area (Å²) in [4.78, 5) is 31.0. The molecule has 1 aliphatic carbocycles. The average molecular weight is 510 g/mol. The Morgan fingerprint density at radius 1 is 1.03 bits per heavy atom. The van der Waals surface area contributed by atoms with Gasteiger partial charge in [0, 0.05) is 36.7 Å². The second-order valence-corrected chi connectivity index (χ2v) is 10.4. The molecule has 0 spiro atoms. The lowest BCUT2D eigenvalue weighted by Gasteiger charge is -2.35. The number of carbonyl (C=O) groups is 2. The van der Waals surface area contributed by atoms with E-state index in [4.69, 9.17) is 27.9 Å². The van der Waals surface area contributed by atoms with Crippen molar-refractivity contribution in [1.82, 2.24) is 4.90 Å². The molecular formula is C24H29Cl2N3O3S. The number of fused-ring (bicyclic) bond motifs is 1. The number of anilines is 2. The molecule has 1 N–H and O–H groups in total. The number of hydrogen-bond donors (Lipinski definition) is 1. The molecule has 1 aliphatic heterocycles. The van der Waals surface area contributed by atoms with Crippen LogP contribution in [-0.4, -0.2) is 56.6 Å². The van der Waals surface area contributed by atoms with Crippen molar-refractivity contribution >= 4 is 57.1 Å². The fourth-order valence-corrected chi connectivity index (χ4v) is 6.13. The second-order valence-electron chi connectivity index (χ2n) is 8.52. The fraction of sp³-hybridized carbons (Fsp3) is 0.500. The molecule has 33 heavy (non-hydrogen) atoms. The van der Waals surface area contributed by atoms with Crippen LogP contribution >= 0.6 is 34.5 Å². The number of amides is 1. The molecule has 0 unspecified atom stereocenters. The molecule has 9 heteroatoms. The Labute approximate surface area is 208 Å². The zero-order valence-electron chi connectivity index (χ0n) is 18.8. The molecule has 1 amide bonds. The van der Waals surface area contributed by atoms with Crippen molar-refractivity contribution in [2.75, 3.05) is 50.1 Å².